The highest BCUT2D eigenvalue weighted by molar-refractivity contribution is 5.81. The smallest absolute Gasteiger partial charge is 0.227 e. The molecule has 0 spiro atoms. The maximum atomic E-state index is 11.8. The lowest BCUT2D eigenvalue weighted by molar-refractivity contribution is -0.124. The number of Topliss-reactive ketones (excluding diaryl/α,β-unsaturated/α-hetero) is 1. The summed E-state index contributed by atoms with van der Waals surface area (Å²) in [6, 6.07) is 10.3. The molecule has 0 saturated heterocycles. The Morgan fingerprint density at radius 2 is 2.00 bits per heavy atom. The van der Waals surface area contributed by atoms with Gasteiger partial charge in [0.25, 0.3) is 0 Å². The predicted molar refractivity (Wildman–Crippen MR) is 78.8 cm³/mol. The fourth-order valence-electron chi connectivity index (χ4n) is 2.86. The van der Waals surface area contributed by atoms with Gasteiger partial charge in [-0.2, -0.15) is 4.98 Å². The lowest BCUT2D eigenvalue weighted by Crippen LogP contribution is -2.21. The Kier molecular flexibility index (Phi) is 4.43. The van der Waals surface area contributed by atoms with Crippen LogP contribution in [0.2, 0.25) is 0 Å². The molecule has 1 atom stereocenters. The Morgan fingerprint density at radius 3 is 2.81 bits per heavy atom. The van der Waals surface area contributed by atoms with Crippen molar-refractivity contribution in [2.75, 3.05) is 0 Å². The maximum absolute atomic E-state index is 11.8. The lowest BCUT2D eigenvalue weighted by Gasteiger charge is -2.18. The number of carbonyl (C=O) groups excluding carboxylic acids is 1. The molecule has 21 heavy (non-hydrogen) atoms. The normalized spacial score (nSPS) is 18.9. The topological polar surface area (TPSA) is 56.0 Å². The number of aryl methyl sites for hydroxylation is 2. The minimum atomic E-state index is 0.0844. The summed E-state index contributed by atoms with van der Waals surface area (Å²) in [4.78, 5) is 16.3. The van der Waals surface area contributed by atoms with Crippen molar-refractivity contribution < 1.29 is 9.32 Å². The molecule has 1 unspecified atom stereocenters. The summed E-state index contributed by atoms with van der Waals surface area (Å²) in [7, 11) is 0. The zero-order chi connectivity index (χ0) is 14.5. The van der Waals surface area contributed by atoms with Gasteiger partial charge in [-0.25, -0.2) is 0 Å². The average Bonchev–Trinajstić information content (AvgIpc) is 2.96. The van der Waals surface area contributed by atoms with Crippen LogP contribution in [0.15, 0.2) is 34.9 Å². The third-order valence-corrected chi connectivity index (χ3v) is 4.09. The van der Waals surface area contributed by atoms with E-state index in [4.69, 9.17) is 4.52 Å². The number of nitrogens with zero attached hydrogens (tertiary/aromatic N) is 2. The van der Waals surface area contributed by atoms with Crippen molar-refractivity contribution >= 4 is 5.78 Å². The highest BCUT2D eigenvalue weighted by Crippen LogP contribution is 2.23. The van der Waals surface area contributed by atoms with E-state index in [9.17, 15) is 4.79 Å². The zero-order valence-electron chi connectivity index (χ0n) is 12.1. The predicted octanol–water partition coefficient (Wildman–Crippen LogP) is 3.16. The zero-order valence-corrected chi connectivity index (χ0v) is 12.1. The third kappa shape index (κ3) is 3.78. The quantitative estimate of drug-likeness (QED) is 0.846. The molecule has 1 aromatic carbocycles. The van der Waals surface area contributed by atoms with Gasteiger partial charge in [-0.1, -0.05) is 41.9 Å². The molecule has 0 N–H and O–H groups in total. The van der Waals surface area contributed by atoms with Crippen LogP contribution in [0.1, 0.15) is 43.0 Å². The van der Waals surface area contributed by atoms with Gasteiger partial charge in [0.15, 0.2) is 5.82 Å². The first-order chi connectivity index (χ1) is 10.3. The molecule has 0 amide bonds. The molecule has 110 valence electrons. The van der Waals surface area contributed by atoms with Crippen LogP contribution in [-0.4, -0.2) is 15.9 Å². The number of hydrogen-bond donors (Lipinski definition) is 0. The van der Waals surface area contributed by atoms with Crippen molar-refractivity contribution in [1.29, 1.82) is 0 Å². The second-order valence-electron chi connectivity index (χ2n) is 5.70. The van der Waals surface area contributed by atoms with Gasteiger partial charge >= 0.3 is 0 Å². The first-order valence-corrected chi connectivity index (χ1v) is 7.69. The van der Waals surface area contributed by atoms with Crippen molar-refractivity contribution in [3.63, 3.8) is 0 Å². The van der Waals surface area contributed by atoms with Gasteiger partial charge in [0.2, 0.25) is 5.89 Å². The van der Waals surface area contributed by atoms with Gasteiger partial charge in [-0.15, -0.1) is 0 Å². The van der Waals surface area contributed by atoms with Gasteiger partial charge in [0.05, 0.1) is 0 Å². The molecule has 1 aromatic heterocycles. The molecule has 1 aliphatic carbocycles. The molecular formula is C17H20N2O2. The van der Waals surface area contributed by atoms with Crippen LogP contribution in [0, 0.1) is 5.92 Å². The second-order valence-corrected chi connectivity index (χ2v) is 5.70. The van der Waals surface area contributed by atoms with E-state index >= 15 is 0 Å². The summed E-state index contributed by atoms with van der Waals surface area (Å²) in [5.74, 6) is 1.78. The molecule has 4 nitrogen and oxygen atoms in total. The summed E-state index contributed by atoms with van der Waals surface area (Å²) in [6.45, 7) is 0. The van der Waals surface area contributed by atoms with Crippen molar-refractivity contribution in [2.45, 2.75) is 44.9 Å². The van der Waals surface area contributed by atoms with Gasteiger partial charge in [0, 0.05) is 25.2 Å². The van der Waals surface area contributed by atoms with E-state index in [1.807, 2.05) is 18.2 Å². The van der Waals surface area contributed by atoms with E-state index in [2.05, 4.69) is 22.3 Å². The number of rotatable bonds is 5. The standard InChI is InChI=1S/C17H20N2O2/c20-15-9-5-4-8-14(15)12-17-18-16(19-21-17)11-10-13-6-2-1-3-7-13/h1-3,6-7,14H,4-5,8-12H2. The maximum Gasteiger partial charge on any atom is 0.227 e. The fourth-order valence-corrected chi connectivity index (χ4v) is 2.86. The Labute approximate surface area is 124 Å². The second kappa shape index (κ2) is 6.66. The molecular weight excluding hydrogens is 264 g/mol. The molecule has 0 bridgehead atoms. The van der Waals surface area contributed by atoms with Gasteiger partial charge < -0.3 is 4.52 Å². The molecule has 1 fully saturated rings. The van der Waals surface area contributed by atoms with Gasteiger partial charge in [-0.05, 0) is 24.8 Å². The highest BCUT2D eigenvalue weighted by Gasteiger charge is 2.24. The van der Waals surface area contributed by atoms with E-state index in [0.29, 0.717) is 24.5 Å². The number of carbonyl (C=O) groups is 1. The van der Waals surface area contributed by atoms with E-state index in [0.717, 1.165) is 37.9 Å². The third-order valence-electron chi connectivity index (χ3n) is 4.09. The summed E-state index contributed by atoms with van der Waals surface area (Å²) in [5.41, 5.74) is 1.27. The summed E-state index contributed by atoms with van der Waals surface area (Å²) >= 11 is 0. The number of aromatic nitrogens is 2. The largest absolute Gasteiger partial charge is 0.339 e. The van der Waals surface area contributed by atoms with Crippen LogP contribution in [0.3, 0.4) is 0 Å². The fraction of sp³-hybridized carbons (Fsp3) is 0.471. The van der Waals surface area contributed by atoms with Crippen LogP contribution in [0.4, 0.5) is 0 Å². The Balaban J connectivity index is 1.55. The SMILES string of the molecule is O=C1CCCCC1Cc1nc(CCc2ccccc2)no1. The van der Waals surface area contributed by atoms with Crippen molar-refractivity contribution in [2.24, 2.45) is 5.92 Å². The first kappa shape index (κ1) is 14.0. The number of hydrogen-bond acceptors (Lipinski definition) is 4. The Hall–Kier alpha value is -1.97. The first-order valence-electron chi connectivity index (χ1n) is 7.69. The monoisotopic (exact) mass is 284 g/mol. The summed E-state index contributed by atoms with van der Waals surface area (Å²) in [6.07, 6.45) is 6.11. The van der Waals surface area contributed by atoms with Crippen LogP contribution >= 0.6 is 0 Å². The van der Waals surface area contributed by atoms with Crippen molar-refractivity contribution in [1.82, 2.24) is 10.1 Å². The minimum Gasteiger partial charge on any atom is -0.339 e. The van der Waals surface area contributed by atoms with Crippen LogP contribution in [-0.2, 0) is 24.1 Å². The van der Waals surface area contributed by atoms with Crippen molar-refractivity contribution in [3.05, 3.63) is 47.6 Å². The highest BCUT2D eigenvalue weighted by atomic mass is 16.5. The molecule has 0 aliphatic heterocycles. The number of benzene rings is 1. The van der Waals surface area contributed by atoms with Crippen LogP contribution in [0.5, 0.6) is 0 Å². The van der Waals surface area contributed by atoms with E-state index in [1.165, 1.54) is 5.56 Å². The molecule has 1 aliphatic rings. The minimum absolute atomic E-state index is 0.0844. The average molecular weight is 284 g/mol. The van der Waals surface area contributed by atoms with E-state index < -0.39 is 0 Å². The van der Waals surface area contributed by atoms with Crippen LogP contribution in [0.25, 0.3) is 0 Å². The molecule has 1 heterocycles. The summed E-state index contributed by atoms with van der Waals surface area (Å²) in [5, 5.41) is 4.02. The number of ketones is 1. The van der Waals surface area contributed by atoms with Gasteiger partial charge in [0.1, 0.15) is 5.78 Å². The molecule has 3 rings (SSSR count). The Morgan fingerprint density at radius 1 is 1.14 bits per heavy atom. The lowest BCUT2D eigenvalue weighted by atomic mass is 9.86. The Bertz CT molecular complexity index is 592. The van der Waals surface area contributed by atoms with E-state index in [-0.39, 0.29) is 5.92 Å². The van der Waals surface area contributed by atoms with Gasteiger partial charge in [-0.3, -0.25) is 4.79 Å². The molecule has 4 heteroatoms. The van der Waals surface area contributed by atoms with E-state index in [1.54, 1.807) is 0 Å². The van der Waals surface area contributed by atoms with Crippen molar-refractivity contribution in [3.8, 4) is 0 Å². The molecule has 0 radical (unpaired) electrons. The molecule has 1 saturated carbocycles. The molecule has 2 aromatic rings. The summed E-state index contributed by atoms with van der Waals surface area (Å²) < 4.78 is 5.29. The van der Waals surface area contributed by atoms with Crippen LogP contribution < -0.4 is 0 Å².